The van der Waals surface area contributed by atoms with E-state index in [0.29, 0.717) is 28.4 Å². The SMILES string of the molecule is COc1ccc(-c2c(NC(=O)C3CCCCC3)n(-c3ccc(C)cc3)nc(C)c2=O)cc1. The van der Waals surface area contributed by atoms with Gasteiger partial charge in [-0.3, -0.25) is 9.59 Å². The minimum absolute atomic E-state index is 0.0460. The third-order valence-electron chi connectivity index (χ3n) is 6.13. The highest BCUT2D eigenvalue weighted by atomic mass is 16.5. The number of hydrogen-bond donors (Lipinski definition) is 1. The van der Waals surface area contributed by atoms with Crippen molar-refractivity contribution in [2.24, 2.45) is 5.92 Å². The molecule has 1 saturated carbocycles. The van der Waals surface area contributed by atoms with E-state index in [0.717, 1.165) is 36.9 Å². The first-order chi connectivity index (χ1) is 15.5. The van der Waals surface area contributed by atoms with Crippen molar-refractivity contribution in [2.45, 2.75) is 46.0 Å². The van der Waals surface area contributed by atoms with Crippen LogP contribution >= 0.6 is 0 Å². The number of hydrogen-bond acceptors (Lipinski definition) is 4. The van der Waals surface area contributed by atoms with Gasteiger partial charge in [-0.15, -0.1) is 0 Å². The first kappa shape index (κ1) is 21.8. The quantitative estimate of drug-likeness (QED) is 0.614. The lowest BCUT2D eigenvalue weighted by Crippen LogP contribution is -2.29. The maximum absolute atomic E-state index is 13.3. The van der Waals surface area contributed by atoms with Crippen LogP contribution in [0.5, 0.6) is 5.75 Å². The van der Waals surface area contributed by atoms with Crippen LogP contribution in [0.1, 0.15) is 43.4 Å². The van der Waals surface area contributed by atoms with E-state index in [1.54, 1.807) is 18.7 Å². The maximum atomic E-state index is 13.3. The molecule has 0 saturated heterocycles. The number of carbonyl (C=O) groups excluding carboxylic acids is 1. The summed E-state index contributed by atoms with van der Waals surface area (Å²) in [7, 11) is 1.60. The van der Waals surface area contributed by atoms with Gasteiger partial charge in [0.05, 0.1) is 18.4 Å². The molecule has 1 fully saturated rings. The molecule has 0 aliphatic heterocycles. The van der Waals surface area contributed by atoms with E-state index in [1.807, 2.05) is 55.5 Å². The number of methoxy groups -OCH3 is 1. The van der Waals surface area contributed by atoms with Crippen LogP contribution in [0.4, 0.5) is 5.82 Å². The average molecular weight is 432 g/mol. The fourth-order valence-electron chi connectivity index (χ4n) is 4.24. The van der Waals surface area contributed by atoms with Crippen LogP contribution in [-0.2, 0) is 4.79 Å². The number of nitrogens with one attached hydrogen (secondary N) is 1. The van der Waals surface area contributed by atoms with Crippen LogP contribution in [0.2, 0.25) is 0 Å². The van der Waals surface area contributed by atoms with Crippen LogP contribution in [0, 0.1) is 19.8 Å². The van der Waals surface area contributed by atoms with E-state index in [9.17, 15) is 9.59 Å². The van der Waals surface area contributed by atoms with Crippen LogP contribution in [0.3, 0.4) is 0 Å². The topological polar surface area (TPSA) is 73.2 Å². The lowest BCUT2D eigenvalue weighted by molar-refractivity contribution is -0.120. The average Bonchev–Trinajstić information content (AvgIpc) is 2.83. The zero-order chi connectivity index (χ0) is 22.7. The Balaban J connectivity index is 1.88. The zero-order valence-electron chi connectivity index (χ0n) is 18.9. The predicted molar refractivity (Wildman–Crippen MR) is 127 cm³/mol. The Morgan fingerprint density at radius 2 is 1.66 bits per heavy atom. The van der Waals surface area contributed by atoms with Crippen molar-refractivity contribution in [1.29, 1.82) is 0 Å². The lowest BCUT2D eigenvalue weighted by Gasteiger charge is -2.23. The summed E-state index contributed by atoms with van der Waals surface area (Å²) in [6.45, 7) is 3.72. The van der Waals surface area contributed by atoms with Crippen molar-refractivity contribution in [2.75, 3.05) is 12.4 Å². The maximum Gasteiger partial charge on any atom is 0.228 e. The smallest absolute Gasteiger partial charge is 0.228 e. The van der Waals surface area contributed by atoms with E-state index in [-0.39, 0.29) is 17.3 Å². The molecule has 0 unspecified atom stereocenters. The van der Waals surface area contributed by atoms with Crippen LogP contribution < -0.4 is 15.5 Å². The second-order valence-electron chi connectivity index (χ2n) is 8.44. The lowest BCUT2D eigenvalue weighted by atomic mass is 9.88. The molecule has 1 aliphatic rings. The highest BCUT2D eigenvalue weighted by molar-refractivity contribution is 5.96. The normalized spacial score (nSPS) is 14.2. The molecule has 166 valence electrons. The molecule has 6 heteroatoms. The Bertz CT molecular complexity index is 1160. The van der Waals surface area contributed by atoms with Gasteiger partial charge in [0, 0.05) is 5.92 Å². The first-order valence-corrected chi connectivity index (χ1v) is 11.1. The van der Waals surface area contributed by atoms with Crippen molar-refractivity contribution in [1.82, 2.24) is 9.78 Å². The Kier molecular flexibility index (Phi) is 6.40. The molecule has 3 aromatic rings. The monoisotopic (exact) mass is 431 g/mol. The van der Waals surface area contributed by atoms with Crippen molar-refractivity contribution in [3.8, 4) is 22.6 Å². The summed E-state index contributed by atoms with van der Waals surface area (Å²) in [6.07, 6.45) is 5.03. The Hall–Kier alpha value is -3.41. The summed E-state index contributed by atoms with van der Waals surface area (Å²) < 4.78 is 6.95. The third kappa shape index (κ3) is 4.44. The summed E-state index contributed by atoms with van der Waals surface area (Å²) in [4.78, 5) is 26.5. The van der Waals surface area contributed by atoms with Crippen LogP contribution in [0.25, 0.3) is 16.8 Å². The number of anilines is 1. The van der Waals surface area contributed by atoms with E-state index in [1.165, 1.54) is 6.42 Å². The molecule has 2 aromatic carbocycles. The Morgan fingerprint density at radius 3 is 2.28 bits per heavy atom. The zero-order valence-corrected chi connectivity index (χ0v) is 18.9. The molecule has 6 nitrogen and oxygen atoms in total. The van der Waals surface area contributed by atoms with Crippen LogP contribution in [-0.4, -0.2) is 22.8 Å². The van der Waals surface area contributed by atoms with Gasteiger partial charge >= 0.3 is 0 Å². The summed E-state index contributed by atoms with van der Waals surface area (Å²) in [5.74, 6) is 1.01. The number of amides is 1. The van der Waals surface area contributed by atoms with E-state index < -0.39 is 0 Å². The van der Waals surface area contributed by atoms with Gasteiger partial charge in [0.2, 0.25) is 11.3 Å². The number of aryl methyl sites for hydroxylation is 2. The van der Waals surface area contributed by atoms with Crippen LogP contribution in [0.15, 0.2) is 53.3 Å². The van der Waals surface area contributed by atoms with Crippen molar-refractivity contribution < 1.29 is 9.53 Å². The molecule has 4 rings (SSSR count). The fraction of sp³-hybridized carbons (Fsp3) is 0.346. The van der Waals surface area contributed by atoms with Gasteiger partial charge < -0.3 is 10.1 Å². The molecular formula is C26H29N3O3. The molecule has 0 bridgehead atoms. The van der Waals surface area contributed by atoms with E-state index in [2.05, 4.69) is 10.4 Å². The number of aromatic nitrogens is 2. The Morgan fingerprint density at radius 1 is 1.00 bits per heavy atom. The summed E-state index contributed by atoms with van der Waals surface area (Å²) in [5, 5.41) is 7.64. The van der Waals surface area contributed by atoms with E-state index in [4.69, 9.17) is 4.74 Å². The highest BCUT2D eigenvalue weighted by Crippen LogP contribution is 2.31. The molecule has 32 heavy (non-hydrogen) atoms. The summed E-state index contributed by atoms with van der Waals surface area (Å²) in [6, 6.07) is 15.2. The van der Waals surface area contributed by atoms with Crippen molar-refractivity contribution >= 4 is 11.7 Å². The molecule has 0 atom stereocenters. The first-order valence-electron chi connectivity index (χ1n) is 11.1. The molecule has 0 radical (unpaired) electrons. The van der Waals surface area contributed by atoms with Gasteiger partial charge in [-0.1, -0.05) is 49.1 Å². The highest BCUT2D eigenvalue weighted by Gasteiger charge is 2.25. The molecule has 1 N–H and O–H groups in total. The second-order valence-corrected chi connectivity index (χ2v) is 8.44. The third-order valence-corrected chi connectivity index (χ3v) is 6.13. The van der Waals surface area contributed by atoms with Gasteiger partial charge in [0.25, 0.3) is 0 Å². The fourth-order valence-corrected chi connectivity index (χ4v) is 4.24. The number of rotatable bonds is 5. The van der Waals surface area contributed by atoms with Crippen molar-refractivity contribution in [3.63, 3.8) is 0 Å². The molecule has 1 amide bonds. The Labute approximate surface area is 188 Å². The van der Waals surface area contributed by atoms with Crippen molar-refractivity contribution in [3.05, 3.63) is 70.0 Å². The minimum Gasteiger partial charge on any atom is -0.497 e. The second kappa shape index (κ2) is 9.39. The largest absolute Gasteiger partial charge is 0.497 e. The van der Waals surface area contributed by atoms with Gasteiger partial charge in [-0.2, -0.15) is 5.10 Å². The summed E-state index contributed by atoms with van der Waals surface area (Å²) in [5.41, 5.74) is 3.22. The molecule has 1 heterocycles. The predicted octanol–water partition coefficient (Wildman–Crippen LogP) is 5.04. The number of ether oxygens (including phenoxy) is 1. The molecule has 1 aliphatic carbocycles. The minimum atomic E-state index is -0.197. The number of benzene rings is 2. The standard InChI is InChI=1S/C26H29N3O3/c1-17-9-13-21(14-10-17)29-25(27-26(31)20-7-5-4-6-8-20)23(24(30)18(2)28-29)19-11-15-22(32-3)16-12-19/h9-16,20H,4-8H2,1-3H3,(H,27,31). The van der Waals surface area contributed by atoms with Gasteiger partial charge in [0.1, 0.15) is 17.3 Å². The molecule has 1 aromatic heterocycles. The number of carbonyl (C=O) groups is 1. The van der Waals surface area contributed by atoms with Gasteiger partial charge in [-0.05, 0) is 56.5 Å². The van der Waals surface area contributed by atoms with Gasteiger partial charge in [0.15, 0.2) is 0 Å². The summed E-state index contributed by atoms with van der Waals surface area (Å²) >= 11 is 0. The number of nitrogens with zero attached hydrogens (tertiary/aromatic N) is 2. The van der Waals surface area contributed by atoms with Gasteiger partial charge in [-0.25, -0.2) is 4.68 Å². The molecular weight excluding hydrogens is 402 g/mol. The van der Waals surface area contributed by atoms with E-state index >= 15 is 0 Å². The molecule has 0 spiro atoms.